The van der Waals surface area contributed by atoms with Crippen LogP contribution in [0.4, 0.5) is 0 Å². The summed E-state index contributed by atoms with van der Waals surface area (Å²) >= 11 is 0. The topological polar surface area (TPSA) is 67.6 Å². The van der Waals surface area contributed by atoms with Crippen LogP contribution in [0.15, 0.2) is 42.7 Å². The second-order valence-electron chi connectivity index (χ2n) is 5.69. The zero-order chi connectivity index (χ0) is 14.9. The van der Waals surface area contributed by atoms with Crippen molar-refractivity contribution in [3.8, 4) is 11.1 Å². The molecule has 0 fully saturated rings. The van der Waals surface area contributed by atoms with Gasteiger partial charge in [0.2, 0.25) is 0 Å². The molecule has 4 heteroatoms. The Morgan fingerprint density at radius 3 is 2.90 bits per heavy atom. The Morgan fingerprint density at radius 1 is 1.29 bits per heavy atom. The fraction of sp³-hybridized carbons (Fsp3) is 0.294. The van der Waals surface area contributed by atoms with Gasteiger partial charge in [0.25, 0.3) is 0 Å². The van der Waals surface area contributed by atoms with Gasteiger partial charge in [-0.1, -0.05) is 38.1 Å². The van der Waals surface area contributed by atoms with E-state index in [9.17, 15) is 0 Å². The van der Waals surface area contributed by atoms with Crippen LogP contribution in [0.25, 0.3) is 22.2 Å². The van der Waals surface area contributed by atoms with Gasteiger partial charge >= 0.3 is 0 Å². The molecule has 108 valence electrons. The maximum Gasteiger partial charge on any atom is 0.155 e. The Bertz CT molecular complexity index is 756. The van der Waals surface area contributed by atoms with E-state index in [4.69, 9.17) is 5.73 Å². The number of rotatable bonds is 4. The highest BCUT2D eigenvalue weighted by Gasteiger charge is 2.23. The molecule has 0 saturated heterocycles. The van der Waals surface area contributed by atoms with Crippen molar-refractivity contribution < 1.29 is 0 Å². The molecule has 0 amide bonds. The van der Waals surface area contributed by atoms with Gasteiger partial charge in [0, 0.05) is 23.5 Å². The summed E-state index contributed by atoms with van der Waals surface area (Å²) in [6.45, 7) is 5.04. The summed E-state index contributed by atoms with van der Waals surface area (Å²) in [5.41, 5.74) is 10.4. The van der Waals surface area contributed by atoms with E-state index in [0.29, 0.717) is 6.54 Å². The van der Waals surface area contributed by atoms with E-state index in [-0.39, 0.29) is 5.41 Å². The predicted octanol–water partition coefficient (Wildman–Crippen LogP) is 3.25. The highest BCUT2D eigenvalue weighted by atomic mass is 15.1. The molecule has 4 nitrogen and oxygen atoms in total. The van der Waals surface area contributed by atoms with Crippen LogP contribution in [0.3, 0.4) is 0 Å². The van der Waals surface area contributed by atoms with Crippen molar-refractivity contribution in [1.29, 1.82) is 0 Å². The molecule has 1 atom stereocenters. The maximum absolute atomic E-state index is 5.99. The molecule has 2 aromatic heterocycles. The highest BCUT2D eigenvalue weighted by molar-refractivity contribution is 5.92. The molecular formula is C17H20N4. The standard InChI is InChI=1S/C17H20N4/c1-3-17(2,11-18)13-6-4-5-12(9-13)14-7-8-19-16-15(14)10-20-21-16/h4-10H,3,11,18H2,1-2H3,(H,19,20,21)/t17-/m0/s1. The number of fused-ring (bicyclic) bond motifs is 1. The lowest BCUT2D eigenvalue weighted by Gasteiger charge is -2.27. The molecule has 3 N–H and O–H groups in total. The lowest BCUT2D eigenvalue weighted by molar-refractivity contribution is 0.467. The van der Waals surface area contributed by atoms with Crippen LogP contribution in [-0.4, -0.2) is 21.7 Å². The summed E-state index contributed by atoms with van der Waals surface area (Å²) in [6, 6.07) is 10.6. The lowest BCUT2D eigenvalue weighted by atomic mass is 9.79. The number of aromatic amines is 1. The first-order chi connectivity index (χ1) is 10.2. The fourth-order valence-corrected chi connectivity index (χ4v) is 2.63. The fourth-order valence-electron chi connectivity index (χ4n) is 2.63. The first kappa shape index (κ1) is 13.8. The maximum atomic E-state index is 5.99. The highest BCUT2D eigenvalue weighted by Crippen LogP contribution is 2.32. The third-order valence-electron chi connectivity index (χ3n) is 4.46. The summed E-state index contributed by atoms with van der Waals surface area (Å²) in [6.07, 6.45) is 4.65. The van der Waals surface area contributed by atoms with Gasteiger partial charge < -0.3 is 5.73 Å². The Labute approximate surface area is 124 Å². The number of H-pyrrole nitrogens is 1. The van der Waals surface area contributed by atoms with Gasteiger partial charge in [-0.15, -0.1) is 0 Å². The molecule has 21 heavy (non-hydrogen) atoms. The summed E-state index contributed by atoms with van der Waals surface area (Å²) in [4.78, 5) is 4.29. The Hall–Kier alpha value is -2.20. The number of hydrogen-bond acceptors (Lipinski definition) is 3. The smallest absolute Gasteiger partial charge is 0.155 e. The zero-order valence-electron chi connectivity index (χ0n) is 12.4. The Kier molecular flexibility index (Phi) is 3.47. The molecular weight excluding hydrogens is 260 g/mol. The number of hydrogen-bond donors (Lipinski definition) is 2. The molecule has 0 spiro atoms. The third-order valence-corrected chi connectivity index (χ3v) is 4.46. The number of pyridine rings is 1. The van der Waals surface area contributed by atoms with Crippen LogP contribution in [-0.2, 0) is 5.41 Å². The molecule has 2 heterocycles. The number of aromatic nitrogens is 3. The Balaban J connectivity index is 2.14. The van der Waals surface area contributed by atoms with Gasteiger partial charge in [0.15, 0.2) is 5.65 Å². The number of nitrogens with zero attached hydrogens (tertiary/aromatic N) is 2. The minimum atomic E-state index is 0.0125. The molecule has 0 aliphatic heterocycles. The summed E-state index contributed by atoms with van der Waals surface area (Å²) in [5, 5.41) is 8.04. The normalized spacial score (nSPS) is 14.2. The minimum Gasteiger partial charge on any atom is -0.330 e. The molecule has 3 rings (SSSR count). The van der Waals surface area contributed by atoms with E-state index in [0.717, 1.165) is 23.0 Å². The molecule has 0 unspecified atom stereocenters. The van der Waals surface area contributed by atoms with Crippen LogP contribution in [0.5, 0.6) is 0 Å². The van der Waals surface area contributed by atoms with Gasteiger partial charge in [-0.2, -0.15) is 5.10 Å². The second-order valence-corrected chi connectivity index (χ2v) is 5.69. The molecule has 0 bridgehead atoms. The van der Waals surface area contributed by atoms with E-state index < -0.39 is 0 Å². The number of nitrogens with two attached hydrogens (primary N) is 1. The second kappa shape index (κ2) is 5.30. The van der Waals surface area contributed by atoms with E-state index in [1.54, 1.807) is 0 Å². The van der Waals surface area contributed by atoms with Crippen molar-refractivity contribution in [3.05, 3.63) is 48.3 Å². The summed E-state index contributed by atoms with van der Waals surface area (Å²) in [7, 11) is 0. The van der Waals surface area contributed by atoms with Crippen LogP contribution < -0.4 is 5.73 Å². The molecule has 0 aliphatic carbocycles. The third kappa shape index (κ3) is 2.32. The number of nitrogens with one attached hydrogen (secondary N) is 1. The Morgan fingerprint density at radius 2 is 2.14 bits per heavy atom. The van der Waals surface area contributed by atoms with E-state index >= 15 is 0 Å². The van der Waals surface area contributed by atoms with Gasteiger partial charge in [-0.25, -0.2) is 4.98 Å². The first-order valence-corrected chi connectivity index (χ1v) is 7.27. The van der Waals surface area contributed by atoms with Crippen molar-refractivity contribution in [1.82, 2.24) is 15.2 Å². The van der Waals surface area contributed by atoms with E-state index in [1.165, 1.54) is 11.1 Å². The van der Waals surface area contributed by atoms with Crippen molar-refractivity contribution in [3.63, 3.8) is 0 Å². The largest absolute Gasteiger partial charge is 0.330 e. The molecule has 0 radical (unpaired) electrons. The predicted molar refractivity (Wildman–Crippen MR) is 86.0 cm³/mol. The lowest BCUT2D eigenvalue weighted by Crippen LogP contribution is -2.30. The monoisotopic (exact) mass is 280 g/mol. The van der Waals surface area contributed by atoms with Gasteiger partial charge in [0.05, 0.1) is 6.20 Å². The van der Waals surface area contributed by atoms with Gasteiger partial charge in [0.1, 0.15) is 0 Å². The van der Waals surface area contributed by atoms with E-state index in [2.05, 4.69) is 53.3 Å². The molecule has 1 aromatic carbocycles. The van der Waals surface area contributed by atoms with E-state index in [1.807, 2.05) is 18.5 Å². The summed E-state index contributed by atoms with van der Waals surface area (Å²) in [5.74, 6) is 0. The van der Waals surface area contributed by atoms with Crippen LogP contribution in [0.2, 0.25) is 0 Å². The molecule has 0 saturated carbocycles. The van der Waals surface area contributed by atoms with Gasteiger partial charge in [-0.05, 0) is 29.2 Å². The first-order valence-electron chi connectivity index (χ1n) is 7.27. The van der Waals surface area contributed by atoms with Gasteiger partial charge in [-0.3, -0.25) is 5.10 Å². The molecule has 3 aromatic rings. The average molecular weight is 280 g/mol. The SMILES string of the molecule is CC[C@@](C)(CN)c1cccc(-c2ccnc3[nH]ncc23)c1. The van der Waals surface area contributed by atoms with Crippen molar-refractivity contribution >= 4 is 11.0 Å². The van der Waals surface area contributed by atoms with Crippen molar-refractivity contribution in [2.24, 2.45) is 5.73 Å². The van der Waals surface area contributed by atoms with Crippen molar-refractivity contribution in [2.45, 2.75) is 25.7 Å². The average Bonchev–Trinajstić information content (AvgIpc) is 3.02. The van der Waals surface area contributed by atoms with Crippen LogP contribution in [0.1, 0.15) is 25.8 Å². The summed E-state index contributed by atoms with van der Waals surface area (Å²) < 4.78 is 0. The van der Waals surface area contributed by atoms with Crippen LogP contribution >= 0.6 is 0 Å². The minimum absolute atomic E-state index is 0.0125. The zero-order valence-corrected chi connectivity index (χ0v) is 12.4. The van der Waals surface area contributed by atoms with Crippen LogP contribution in [0, 0.1) is 0 Å². The van der Waals surface area contributed by atoms with Crippen molar-refractivity contribution in [2.75, 3.05) is 6.54 Å². The number of benzene rings is 1. The molecule has 0 aliphatic rings. The quantitative estimate of drug-likeness (QED) is 0.771.